The average molecular weight is 342 g/mol. The Balaban J connectivity index is 1.58. The summed E-state index contributed by atoms with van der Waals surface area (Å²) in [6.07, 6.45) is 1.87. The quantitative estimate of drug-likeness (QED) is 0.891. The fraction of sp³-hybridized carbons (Fsp3) is 0.385. The van der Waals surface area contributed by atoms with Crippen LogP contribution in [0, 0.1) is 0 Å². The summed E-state index contributed by atoms with van der Waals surface area (Å²) >= 11 is 11.7. The highest BCUT2D eigenvalue weighted by atomic mass is 35.5. The van der Waals surface area contributed by atoms with Gasteiger partial charge in [0.2, 0.25) is 5.91 Å². The minimum absolute atomic E-state index is 0.139. The topological polar surface area (TPSA) is 81.8 Å². The highest BCUT2D eigenvalue weighted by Gasteiger charge is 2.28. The molecule has 1 fully saturated rings. The number of benzene rings is 1. The Morgan fingerprint density at radius 1 is 1.27 bits per heavy atom. The molecule has 0 bridgehead atoms. The van der Waals surface area contributed by atoms with Crippen molar-refractivity contribution < 1.29 is 4.79 Å². The van der Waals surface area contributed by atoms with E-state index < -0.39 is 0 Å². The van der Waals surface area contributed by atoms with E-state index >= 15 is 0 Å². The van der Waals surface area contributed by atoms with Crippen LogP contribution in [-0.2, 0) is 17.9 Å². The van der Waals surface area contributed by atoms with E-state index in [2.05, 4.69) is 15.7 Å². The lowest BCUT2D eigenvalue weighted by atomic mass is 10.2. The molecular weight excluding hydrogens is 329 g/mol. The number of hydrogen-bond acceptors (Lipinski definition) is 4. The molecule has 2 aromatic rings. The van der Waals surface area contributed by atoms with Gasteiger partial charge in [0.05, 0.1) is 16.1 Å². The molecule has 1 aromatic heterocycles. The van der Waals surface area contributed by atoms with Crippen molar-refractivity contribution in [3.8, 4) is 0 Å². The highest BCUT2D eigenvalue weighted by molar-refractivity contribution is 6.42. The van der Waals surface area contributed by atoms with Crippen LogP contribution in [0.15, 0.2) is 23.0 Å². The zero-order valence-corrected chi connectivity index (χ0v) is 13.0. The van der Waals surface area contributed by atoms with Gasteiger partial charge >= 0.3 is 5.69 Å². The molecule has 0 aliphatic heterocycles. The molecule has 22 heavy (non-hydrogen) atoms. The van der Waals surface area contributed by atoms with Crippen LogP contribution in [0.2, 0.25) is 10.0 Å². The fourth-order valence-corrected chi connectivity index (χ4v) is 2.30. The van der Waals surface area contributed by atoms with Gasteiger partial charge in [-0.1, -0.05) is 29.3 Å². The SMILES string of the molecule is O=C(Cn1nnn(C2CC2)c1=O)NCc1ccc(Cl)c(Cl)c1. The number of nitrogens with one attached hydrogen (secondary N) is 1. The van der Waals surface area contributed by atoms with Crippen molar-refractivity contribution in [3.63, 3.8) is 0 Å². The molecule has 1 amide bonds. The maximum absolute atomic E-state index is 11.9. The molecule has 1 heterocycles. The van der Waals surface area contributed by atoms with Crippen LogP contribution >= 0.6 is 23.2 Å². The molecular formula is C13H13Cl2N5O2. The fourth-order valence-electron chi connectivity index (χ4n) is 1.98. The normalized spacial score (nSPS) is 14.1. The standard InChI is InChI=1S/C13H13Cl2N5O2/c14-10-4-1-8(5-11(10)15)6-16-12(21)7-19-13(22)20(18-17-19)9-2-3-9/h1,4-5,9H,2-3,6-7H2,(H,16,21). The molecule has 0 atom stereocenters. The first kappa shape index (κ1) is 15.1. The second-order valence-corrected chi connectivity index (χ2v) is 5.93. The first-order valence-electron chi connectivity index (χ1n) is 6.77. The van der Waals surface area contributed by atoms with Gasteiger partial charge in [-0.3, -0.25) is 4.79 Å². The molecule has 116 valence electrons. The summed E-state index contributed by atoms with van der Waals surface area (Å²) < 4.78 is 2.38. The van der Waals surface area contributed by atoms with Crippen LogP contribution in [0.1, 0.15) is 24.4 Å². The first-order chi connectivity index (χ1) is 10.5. The molecule has 1 aromatic carbocycles. The Labute approximate surface area is 135 Å². The van der Waals surface area contributed by atoms with Crippen LogP contribution in [0.5, 0.6) is 0 Å². The molecule has 7 nitrogen and oxygen atoms in total. The Hall–Kier alpha value is -1.86. The zero-order valence-electron chi connectivity index (χ0n) is 11.5. The summed E-state index contributed by atoms with van der Waals surface area (Å²) in [4.78, 5) is 23.8. The van der Waals surface area contributed by atoms with Crippen LogP contribution in [0.4, 0.5) is 0 Å². The minimum Gasteiger partial charge on any atom is -0.350 e. The molecule has 3 rings (SSSR count). The maximum Gasteiger partial charge on any atom is 0.364 e. The molecule has 1 aliphatic carbocycles. The number of rotatable bonds is 5. The van der Waals surface area contributed by atoms with Crippen molar-refractivity contribution in [1.82, 2.24) is 25.1 Å². The van der Waals surface area contributed by atoms with Crippen molar-refractivity contribution in [1.29, 1.82) is 0 Å². The van der Waals surface area contributed by atoms with Crippen LogP contribution in [0.3, 0.4) is 0 Å². The third kappa shape index (κ3) is 3.31. The average Bonchev–Trinajstić information content (AvgIpc) is 3.27. The largest absolute Gasteiger partial charge is 0.364 e. The Bertz CT molecular complexity index is 766. The third-order valence-corrected chi connectivity index (χ3v) is 4.06. The number of carbonyl (C=O) groups is 1. The third-order valence-electron chi connectivity index (χ3n) is 3.32. The first-order valence-corrected chi connectivity index (χ1v) is 7.53. The van der Waals surface area contributed by atoms with Crippen molar-refractivity contribution in [2.24, 2.45) is 0 Å². The van der Waals surface area contributed by atoms with Gasteiger partial charge in [-0.05, 0) is 41.0 Å². The number of amides is 1. The lowest BCUT2D eigenvalue weighted by molar-refractivity contribution is -0.122. The van der Waals surface area contributed by atoms with Gasteiger partial charge in [0.15, 0.2) is 0 Å². The summed E-state index contributed by atoms with van der Waals surface area (Å²) in [5.74, 6) is -0.323. The Kier molecular flexibility index (Phi) is 4.17. The van der Waals surface area contributed by atoms with E-state index in [-0.39, 0.29) is 24.2 Å². The maximum atomic E-state index is 11.9. The lowest BCUT2D eigenvalue weighted by Gasteiger charge is -2.05. The van der Waals surface area contributed by atoms with Crippen LogP contribution in [0.25, 0.3) is 0 Å². The second-order valence-electron chi connectivity index (χ2n) is 5.12. The van der Waals surface area contributed by atoms with Gasteiger partial charge in [0, 0.05) is 6.54 Å². The summed E-state index contributed by atoms with van der Waals surface area (Å²) in [6, 6.07) is 5.25. The van der Waals surface area contributed by atoms with Gasteiger partial charge in [0.25, 0.3) is 0 Å². The van der Waals surface area contributed by atoms with E-state index in [1.165, 1.54) is 4.68 Å². The number of tetrazole rings is 1. The number of halogens is 2. The second kappa shape index (κ2) is 6.10. The molecule has 9 heteroatoms. The number of hydrogen-bond donors (Lipinski definition) is 1. The molecule has 0 saturated heterocycles. The van der Waals surface area contributed by atoms with Gasteiger partial charge in [-0.15, -0.1) is 0 Å². The molecule has 1 saturated carbocycles. The molecule has 0 unspecified atom stereocenters. The van der Waals surface area contributed by atoms with Gasteiger partial charge in [-0.2, -0.15) is 9.36 Å². The number of aromatic nitrogens is 4. The molecule has 1 N–H and O–H groups in total. The van der Waals surface area contributed by atoms with E-state index in [9.17, 15) is 9.59 Å². The van der Waals surface area contributed by atoms with E-state index in [0.717, 1.165) is 23.1 Å². The van der Waals surface area contributed by atoms with Crippen molar-refractivity contribution in [3.05, 3.63) is 44.3 Å². The predicted octanol–water partition coefficient (Wildman–Crippen LogP) is 1.40. The van der Waals surface area contributed by atoms with Crippen LogP contribution < -0.4 is 11.0 Å². The molecule has 0 radical (unpaired) electrons. The van der Waals surface area contributed by atoms with Gasteiger partial charge in [0.1, 0.15) is 6.54 Å². The lowest BCUT2D eigenvalue weighted by Crippen LogP contribution is -2.33. The number of nitrogens with zero attached hydrogens (tertiary/aromatic N) is 4. The summed E-state index contributed by atoms with van der Waals surface area (Å²) in [7, 11) is 0. The monoisotopic (exact) mass is 341 g/mol. The molecule has 1 aliphatic rings. The number of carbonyl (C=O) groups excluding carboxylic acids is 1. The van der Waals surface area contributed by atoms with Crippen molar-refractivity contribution in [2.45, 2.75) is 32.0 Å². The van der Waals surface area contributed by atoms with Crippen LogP contribution in [-0.4, -0.2) is 25.7 Å². The minimum atomic E-state index is -0.354. The Morgan fingerprint density at radius 3 is 2.73 bits per heavy atom. The summed E-state index contributed by atoms with van der Waals surface area (Å²) in [6.45, 7) is 0.133. The van der Waals surface area contributed by atoms with Gasteiger partial charge in [-0.25, -0.2) is 4.79 Å². The Morgan fingerprint density at radius 2 is 2.05 bits per heavy atom. The van der Waals surface area contributed by atoms with E-state index in [1.807, 2.05) is 0 Å². The van der Waals surface area contributed by atoms with E-state index in [4.69, 9.17) is 23.2 Å². The van der Waals surface area contributed by atoms with E-state index in [0.29, 0.717) is 16.6 Å². The summed E-state index contributed by atoms with van der Waals surface area (Å²) in [5, 5.41) is 11.1. The van der Waals surface area contributed by atoms with Gasteiger partial charge < -0.3 is 5.32 Å². The van der Waals surface area contributed by atoms with E-state index in [1.54, 1.807) is 18.2 Å². The molecule has 0 spiro atoms. The van der Waals surface area contributed by atoms with Crippen molar-refractivity contribution in [2.75, 3.05) is 0 Å². The van der Waals surface area contributed by atoms with Crippen molar-refractivity contribution >= 4 is 29.1 Å². The summed E-state index contributed by atoms with van der Waals surface area (Å²) in [5.41, 5.74) is 0.462. The zero-order chi connectivity index (χ0) is 15.7. The highest BCUT2D eigenvalue weighted by Crippen LogP contribution is 2.32. The smallest absolute Gasteiger partial charge is 0.350 e. The predicted molar refractivity (Wildman–Crippen MR) is 80.9 cm³/mol.